The number of benzene rings is 1. The Morgan fingerprint density at radius 3 is 2.59 bits per heavy atom. The summed E-state index contributed by atoms with van der Waals surface area (Å²) in [7, 11) is -3.17. The van der Waals surface area contributed by atoms with E-state index < -0.39 is 10.0 Å². The second kappa shape index (κ2) is 5.73. The molecule has 3 rings (SSSR count). The second-order valence-corrected chi connectivity index (χ2v) is 7.63. The molecular formula is C15H19N3O3S. The van der Waals surface area contributed by atoms with Gasteiger partial charge in [0.2, 0.25) is 10.0 Å². The number of hydrogen-bond donors (Lipinski definition) is 1. The smallest absolute Gasteiger partial charge is 0.253 e. The van der Waals surface area contributed by atoms with Crippen LogP contribution in [0.3, 0.4) is 0 Å². The Morgan fingerprint density at radius 1 is 1.18 bits per heavy atom. The number of aromatic nitrogens is 1. The van der Waals surface area contributed by atoms with Crippen LogP contribution in [0.15, 0.2) is 30.5 Å². The summed E-state index contributed by atoms with van der Waals surface area (Å²) in [6, 6.07) is 7.48. The van der Waals surface area contributed by atoms with Gasteiger partial charge in [0.05, 0.1) is 5.75 Å². The largest absolute Gasteiger partial charge is 0.361 e. The third-order valence-electron chi connectivity index (χ3n) is 4.08. The molecule has 118 valence electrons. The molecule has 1 fully saturated rings. The van der Waals surface area contributed by atoms with Crippen LogP contribution in [0.1, 0.15) is 17.3 Å². The standard InChI is InChI=1S/C15H19N3O3S/c1-2-22(20,21)18-9-7-17(8-10-18)15(19)13-3-4-14-12(11-13)5-6-16-14/h3-6,11,16H,2,7-10H2,1H3. The van der Waals surface area contributed by atoms with Crippen molar-refractivity contribution in [1.29, 1.82) is 0 Å². The van der Waals surface area contributed by atoms with Crippen LogP contribution in [0, 0.1) is 0 Å². The fraction of sp³-hybridized carbons (Fsp3) is 0.400. The molecule has 0 saturated carbocycles. The van der Waals surface area contributed by atoms with Crippen LogP contribution in [0.25, 0.3) is 10.9 Å². The van der Waals surface area contributed by atoms with E-state index in [1.165, 1.54) is 4.31 Å². The van der Waals surface area contributed by atoms with Crippen LogP contribution in [-0.2, 0) is 10.0 Å². The zero-order valence-corrected chi connectivity index (χ0v) is 13.3. The van der Waals surface area contributed by atoms with Crippen LogP contribution >= 0.6 is 0 Å². The van der Waals surface area contributed by atoms with Crippen LogP contribution in [0.2, 0.25) is 0 Å². The van der Waals surface area contributed by atoms with E-state index in [0.717, 1.165) is 10.9 Å². The lowest BCUT2D eigenvalue weighted by atomic mass is 10.1. The first-order chi connectivity index (χ1) is 10.5. The molecule has 2 heterocycles. The first kappa shape index (κ1) is 15.1. The number of amides is 1. The van der Waals surface area contributed by atoms with Crippen molar-refractivity contribution in [2.45, 2.75) is 6.92 Å². The van der Waals surface area contributed by atoms with Gasteiger partial charge in [0.15, 0.2) is 0 Å². The third-order valence-corrected chi connectivity index (χ3v) is 5.97. The van der Waals surface area contributed by atoms with Gasteiger partial charge in [0, 0.05) is 48.8 Å². The van der Waals surface area contributed by atoms with E-state index in [1.54, 1.807) is 17.9 Å². The molecule has 0 radical (unpaired) electrons. The summed E-state index contributed by atoms with van der Waals surface area (Å²) >= 11 is 0. The topological polar surface area (TPSA) is 73.5 Å². The van der Waals surface area contributed by atoms with Crippen LogP contribution in [-0.4, -0.2) is 60.4 Å². The van der Waals surface area contributed by atoms with Gasteiger partial charge in [-0.1, -0.05) is 0 Å². The van der Waals surface area contributed by atoms with Gasteiger partial charge < -0.3 is 9.88 Å². The van der Waals surface area contributed by atoms with Gasteiger partial charge in [-0.25, -0.2) is 8.42 Å². The van der Waals surface area contributed by atoms with Crippen molar-refractivity contribution in [2.24, 2.45) is 0 Å². The Labute approximate surface area is 129 Å². The van der Waals surface area contributed by atoms with Gasteiger partial charge in [-0.05, 0) is 31.2 Å². The van der Waals surface area contributed by atoms with Crippen molar-refractivity contribution in [3.63, 3.8) is 0 Å². The van der Waals surface area contributed by atoms with Crippen molar-refractivity contribution in [3.05, 3.63) is 36.0 Å². The number of aromatic amines is 1. The average molecular weight is 321 g/mol. The number of H-pyrrole nitrogens is 1. The molecule has 1 aliphatic rings. The highest BCUT2D eigenvalue weighted by atomic mass is 32.2. The lowest BCUT2D eigenvalue weighted by Gasteiger charge is -2.33. The molecule has 6 nitrogen and oxygen atoms in total. The number of piperazine rings is 1. The molecule has 22 heavy (non-hydrogen) atoms. The van der Waals surface area contributed by atoms with E-state index in [9.17, 15) is 13.2 Å². The fourth-order valence-electron chi connectivity index (χ4n) is 2.72. The summed E-state index contributed by atoms with van der Waals surface area (Å²) in [6.45, 7) is 3.24. The Hall–Kier alpha value is -1.86. The summed E-state index contributed by atoms with van der Waals surface area (Å²) in [5.74, 6) is 0.0575. The van der Waals surface area contributed by atoms with Gasteiger partial charge in [-0.2, -0.15) is 4.31 Å². The molecule has 0 unspecified atom stereocenters. The number of nitrogens with one attached hydrogen (secondary N) is 1. The van der Waals surface area contributed by atoms with Crippen LogP contribution < -0.4 is 0 Å². The van der Waals surface area contributed by atoms with E-state index in [0.29, 0.717) is 31.7 Å². The maximum atomic E-state index is 12.5. The zero-order chi connectivity index (χ0) is 15.7. The van der Waals surface area contributed by atoms with Crippen molar-refractivity contribution < 1.29 is 13.2 Å². The summed E-state index contributed by atoms with van der Waals surface area (Å²) in [6.07, 6.45) is 1.84. The second-order valence-electron chi connectivity index (χ2n) is 5.37. The summed E-state index contributed by atoms with van der Waals surface area (Å²) in [5.41, 5.74) is 1.63. The molecule has 1 aromatic heterocycles. The molecule has 1 N–H and O–H groups in total. The molecule has 7 heteroatoms. The molecule has 1 amide bonds. The highest BCUT2D eigenvalue weighted by Gasteiger charge is 2.28. The van der Waals surface area contributed by atoms with E-state index in [4.69, 9.17) is 0 Å². The third kappa shape index (κ3) is 2.74. The average Bonchev–Trinajstić information content (AvgIpc) is 3.02. The van der Waals surface area contributed by atoms with Gasteiger partial charge >= 0.3 is 0 Å². The zero-order valence-electron chi connectivity index (χ0n) is 12.4. The van der Waals surface area contributed by atoms with Gasteiger partial charge in [-0.3, -0.25) is 4.79 Å². The molecule has 2 aromatic rings. The number of sulfonamides is 1. The van der Waals surface area contributed by atoms with Crippen molar-refractivity contribution in [1.82, 2.24) is 14.2 Å². The van der Waals surface area contributed by atoms with E-state index in [1.807, 2.05) is 24.4 Å². The minimum atomic E-state index is -3.17. The highest BCUT2D eigenvalue weighted by molar-refractivity contribution is 7.89. The first-order valence-electron chi connectivity index (χ1n) is 7.35. The molecule has 1 aromatic carbocycles. The Balaban J connectivity index is 1.71. The van der Waals surface area contributed by atoms with Crippen molar-refractivity contribution in [2.75, 3.05) is 31.9 Å². The van der Waals surface area contributed by atoms with E-state index in [-0.39, 0.29) is 11.7 Å². The number of rotatable bonds is 3. The van der Waals surface area contributed by atoms with Crippen molar-refractivity contribution in [3.8, 4) is 0 Å². The molecule has 0 aliphatic carbocycles. The fourth-order valence-corrected chi connectivity index (χ4v) is 3.81. The SMILES string of the molecule is CCS(=O)(=O)N1CCN(C(=O)c2ccc3[nH]ccc3c2)CC1. The Morgan fingerprint density at radius 2 is 1.91 bits per heavy atom. The summed E-state index contributed by atoms with van der Waals surface area (Å²) in [4.78, 5) is 17.4. The first-order valence-corrected chi connectivity index (χ1v) is 8.96. The van der Waals surface area contributed by atoms with E-state index >= 15 is 0 Å². The van der Waals surface area contributed by atoms with E-state index in [2.05, 4.69) is 4.98 Å². The molecule has 0 bridgehead atoms. The normalized spacial score (nSPS) is 17.0. The molecule has 1 saturated heterocycles. The maximum Gasteiger partial charge on any atom is 0.253 e. The summed E-state index contributed by atoms with van der Waals surface area (Å²) in [5, 5.41) is 0.998. The number of nitrogens with zero attached hydrogens (tertiary/aromatic N) is 2. The van der Waals surface area contributed by atoms with Crippen LogP contribution in [0.4, 0.5) is 0 Å². The van der Waals surface area contributed by atoms with Gasteiger partial charge in [0.25, 0.3) is 5.91 Å². The quantitative estimate of drug-likeness (QED) is 0.925. The number of carbonyl (C=O) groups is 1. The van der Waals surface area contributed by atoms with Gasteiger partial charge in [-0.15, -0.1) is 0 Å². The van der Waals surface area contributed by atoms with Crippen LogP contribution in [0.5, 0.6) is 0 Å². The minimum absolute atomic E-state index is 0.0448. The highest BCUT2D eigenvalue weighted by Crippen LogP contribution is 2.17. The van der Waals surface area contributed by atoms with Gasteiger partial charge in [0.1, 0.15) is 0 Å². The summed E-state index contributed by atoms with van der Waals surface area (Å²) < 4.78 is 25.1. The molecule has 0 atom stereocenters. The number of hydrogen-bond acceptors (Lipinski definition) is 3. The predicted octanol–water partition coefficient (Wildman–Crippen LogP) is 1.28. The number of fused-ring (bicyclic) bond motifs is 1. The lowest BCUT2D eigenvalue weighted by molar-refractivity contribution is 0.0698. The monoisotopic (exact) mass is 321 g/mol. The minimum Gasteiger partial charge on any atom is -0.361 e. The lowest BCUT2D eigenvalue weighted by Crippen LogP contribution is -2.50. The Kier molecular flexibility index (Phi) is 3.92. The molecular weight excluding hydrogens is 302 g/mol. The maximum absolute atomic E-state index is 12.5. The molecule has 1 aliphatic heterocycles. The van der Waals surface area contributed by atoms with Crippen molar-refractivity contribution >= 4 is 26.8 Å². The number of carbonyl (C=O) groups excluding carboxylic acids is 1. The predicted molar refractivity (Wildman–Crippen MR) is 85.2 cm³/mol. The Bertz CT molecular complexity index is 789. The molecule has 0 spiro atoms.